The van der Waals surface area contributed by atoms with E-state index in [0.717, 1.165) is 23.9 Å². The molecule has 1 amide bonds. The lowest BCUT2D eigenvalue weighted by Gasteiger charge is -2.34. The first-order valence-electron chi connectivity index (χ1n) is 8.60. The first-order valence-corrected chi connectivity index (χ1v) is 8.60. The zero-order chi connectivity index (χ0) is 18.0. The van der Waals surface area contributed by atoms with E-state index in [1.165, 1.54) is 6.07 Å². The van der Waals surface area contributed by atoms with Gasteiger partial charge in [0.2, 0.25) is 0 Å². The van der Waals surface area contributed by atoms with Gasteiger partial charge in [0.15, 0.2) is 0 Å². The number of amides is 1. The maximum absolute atomic E-state index is 13.9. The van der Waals surface area contributed by atoms with Crippen LogP contribution in [0.5, 0.6) is 0 Å². The minimum atomic E-state index is -0.479. The molecule has 1 aromatic heterocycles. The molecular weight excluding hydrogens is 321 g/mol. The fourth-order valence-corrected chi connectivity index (χ4v) is 3.03. The molecule has 0 saturated carbocycles. The number of halogens is 1. The average molecular weight is 345 g/mol. The first kappa shape index (κ1) is 17.5. The van der Waals surface area contributed by atoms with Crippen molar-refractivity contribution in [1.29, 1.82) is 0 Å². The van der Waals surface area contributed by atoms with Crippen molar-refractivity contribution in [2.24, 2.45) is 0 Å². The predicted molar refractivity (Wildman–Crippen MR) is 96.2 cm³/mol. The van der Waals surface area contributed by atoms with E-state index in [1.54, 1.807) is 23.4 Å². The quantitative estimate of drug-likeness (QED) is 0.887. The summed E-state index contributed by atoms with van der Waals surface area (Å²) < 4.78 is 19.3. The van der Waals surface area contributed by atoms with Crippen LogP contribution < -0.4 is 5.32 Å². The Hall–Kier alpha value is -2.37. The lowest BCUT2D eigenvalue weighted by Crippen LogP contribution is -2.44. The number of carbonyl (C=O) groups excluding carboxylic acids is 1. The van der Waals surface area contributed by atoms with Gasteiger partial charge < -0.3 is 15.0 Å². The average Bonchev–Trinajstić information content (AvgIpc) is 2.57. The van der Waals surface area contributed by atoms with Gasteiger partial charge in [-0.2, -0.15) is 0 Å². The summed E-state index contributed by atoms with van der Waals surface area (Å²) in [6.07, 6.45) is 4.59. The lowest BCUT2D eigenvalue weighted by atomic mass is 10.0. The summed E-state index contributed by atoms with van der Waals surface area (Å²) in [5.41, 5.74) is 0.419. The second-order valence-corrected chi connectivity index (χ2v) is 7.40. The van der Waals surface area contributed by atoms with Crippen molar-refractivity contribution in [3.8, 4) is 0 Å². The minimum absolute atomic E-state index is 0.237. The molecule has 0 bridgehead atoms. The van der Waals surface area contributed by atoms with Crippen LogP contribution >= 0.6 is 0 Å². The Kier molecular flexibility index (Phi) is 4.79. The molecule has 3 rings (SSSR count). The van der Waals surface area contributed by atoms with E-state index >= 15 is 0 Å². The molecule has 0 aliphatic carbocycles. The van der Waals surface area contributed by atoms with E-state index in [0.29, 0.717) is 18.5 Å². The van der Waals surface area contributed by atoms with Crippen LogP contribution in [-0.2, 0) is 4.74 Å². The summed E-state index contributed by atoms with van der Waals surface area (Å²) in [6.45, 7) is 6.90. The van der Waals surface area contributed by atoms with Crippen molar-refractivity contribution in [2.75, 3.05) is 18.4 Å². The Labute approximate surface area is 147 Å². The number of pyridine rings is 1. The second-order valence-electron chi connectivity index (χ2n) is 7.40. The number of ether oxygens (including phenoxy) is 1. The summed E-state index contributed by atoms with van der Waals surface area (Å²) in [4.78, 5) is 17.9. The van der Waals surface area contributed by atoms with Gasteiger partial charge in [-0.3, -0.25) is 4.98 Å². The molecule has 25 heavy (non-hydrogen) atoms. The summed E-state index contributed by atoms with van der Waals surface area (Å²) in [5, 5.41) is 4.82. The standard InChI is InChI=1S/C19H24FN3O2/c1-19(2,3)25-18(24)23-10-7-13(8-11-23)22-17-5-4-16(20)15-12-21-9-6-14(15)17/h4-6,9,12-13,22H,7-8,10-11H2,1-3H3. The van der Waals surface area contributed by atoms with Gasteiger partial charge in [0.05, 0.1) is 0 Å². The largest absolute Gasteiger partial charge is 0.444 e. The maximum Gasteiger partial charge on any atom is 0.410 e. The van der Waals surface area contributed by atoms with Crippen molar-refractivity contribution >= 4 is 22.6 Å². The van der Waals surface area contributed by atoms with Crippen LogP contribution in [-0.4, -0.2) is 40.7 Å². The molecule has 1 aromatic carbocycles. The van der Waals surface area contributed by atoms with Gasteiger partial charge in [0.1, 0.15) is 11.4 Å². The Morgan fingerprint density at radius 2 is 1.96 bits per heavy atom. The number of nitrogens with one attached hydrogen (secondary N) is 1. The second kappa shape index (κ2) is 6.86. The first-order chi connectivity index (χ1) is 11.8. The van der Waals surface area contributed by atoms with Gasteiger partial charge in [-0.1, -0.05) is 0 Å². The number of benzene rings is 1. The topological polar surface area (TPSA) is 54.5 Å². The molecule has 1 N–H and O–H groups in total. The number of carbonyl (C=O) groups is 1. The Bertz CT molecular complexity index is 765. The van der Waals surface area contributed by atoms with Crippen LogP contribution in [0, 0.1) is 5.82 Å². The highest BCUT2D eigenvalue weighted by Crippen LogP contribution is 2.27. The van der Waals surface area contributed by atoms with Gasteiger partial charge in [-0.05, 0) is 51.8 Å². The van der Waals surface area contributed by atoms with Crippen molar-refractivity contribution in [3.05, 3.63) is 36.4 Å². The molecule has 0 unspecified atom stereocenters. The monoisotopic (exact) mass is 345 g/mol. The van der Waals surface area contributed by atoms with E-state index in [-0.39, 0.29) is 18.0 Å². The number of likely N-dealkylation sites (tertiary alicyclic amines) is 1. The molecule has 2 heterocycles. The van der Waals surface area contributed by atoms with Crippen LogP contribution in [0.2, 0.25) is 0 Å². The zero-order valence-corrected chi connectivity index (χ0v) is 14.9. The Morgan fingerprint density at radius 1 is 1.24 bits per heavy atom. The van der Waals surface area contributed by atoms with Crippen molar-refractivity contribution < 1.29 is 13.9 Å². The fourth-order valence-electron chi connectivity index (χ4n) is 3.03. The van der Waals surface area contributed by atoms with Crippen LogP contribution in [0.25, 0.3) is 10.8 Å². The SMILES string of the molecule is CC(C)(C)OC(=O)N1CCC(Nc2ccc(F)c3cnccc23)CC1. The van der Waals surface area contributed by atoms with Crippen molar-refractivity contribution in [1.82, 2.24) is 9.88 Å². The third kappa shape index (κ3) is 4.18. The number of aromatic nitrogens is 1. The van der Waals surface area contributed by atoms with E-state index in [2.05, 4.69) is 10.3 Å². The number of piperidine rings is 1. The summed E-state index contributed by atoms with van der Waals surface area (Å²) in [5.74, 6) is -0.270. The van der Waals surface area contributed by atoms with Gasteiger partial charge in [0.25, 0.3) is 0 Å². The number of hydrogen-bond acceptors (Lipinski definition) is 4. The van der Waals surface area contributed by atoms with Crippen molar-refractivity contribution in [2.45, 2.75) is 45.3 Å². The summed E-state index contributed by atoms with van der Waals surface area (Å²) in [6, 6.07) is 5.27. The van der Waals surface area contributed by atoms with Crippen LogP contribution in [0.15, 0.2) is 30.6 Å². The predicted octanol–water partition coefficient (Wildman–Crippen LogP) is 4.19. The van der Waals surface area contributed by atoms with E-state index in [1.807, 2.05) is 26.8 Å². The minimum Gasteiger partial charge on any atom is -0.444 e. The smallest absolute Gasteiger partial charge is 0.410 e. The molecule has 0 atom stereocenters. The molecule has 2 aromatic rings. The molecular formula is C19H24FN3O2. The van der Waals surface area contributed by atoms with Gasteiger partial charge in [0, 0.05) is 48.0 Å². The lowest BCUT2D eigenvalue weighted by molar-refractivity contribution is 0.0210. The number of hydrogen-bond donors (Lipinski definition) is 1. The molecule has 1 fully saturated rings. The fraction of sp³-hybridized carbons (Fsp3) is 0.474. The van der Waals surface area contributed by atoms with E-state index in [4.69, 9.17) is 4.74 Å². The Balaban J connectivity index is 1.63. The number of rotatable bonds is 2. The molecule has 1 aliphatic heterocycles. The molecule has 5 nitrogen and oxygen atoms in total. The van der Waals surface area contributed by atoms with E-state index < -0.39 is 5.60 Å². The molecule has 0 radical (unpaired) electrons. The molecule has 6 heteroatoms. The van der Waals surface area contributed by atoms with E-state index in [9.17, 15) is 9.18 Å². The summed E-state index contributed by atoms with van der Waals surface area (Å²) in [7, 11) is 0. The number of anilines is 1. The Morgan fingerprint density at radius 3 is 2.64 bits per heavy atom. The van der Waals surface area contributed by atoms with Gasteiger partial charge >= 0.3 is 6.09 Å². The molecule has 1 aliphatic rings. The van der Waals surface area contributed by atoms with Gasteiger partial charge in [-0.25, -0.2) is 9.18 Å². The zero-order valence-electron chi connectivity index (χ0n) is 14.9. The maximum atomic E-state index is 13.9. The highest BCUT2D eigenvalue weighted by Gasteiger charge is 2.27. The van der Waals surface area contributed by atoms with Gasteiger partial charge in [-0.15, -0.1) is 0 Å². The van der Waals surface area contributed by atoms with Crippen LogP contribution in [0.1, 0.15) is 33.6 Å². The number of fused-ring (bicyclic) bond motifs is 1. The molecule has 1 saturated heterocycles. The van der Waals surface area contributed by atoms with Crippen molar-refractivity contribution in [3.63, 3.8) is 0 Å². The summed E-state index contributed by atoms with van der Waals surface area (Å²) >= 11 is 0. The highest BCUT2D eigenvalue weighted by atomic mass is 19.1. The van der Waals surface area contributed by atoms with Crippen LogP contribution in [0.4, 0.5) is 14.9 Å². The third-order valence-electron chi connectivity index (χ3n) is 4.27. The third-order valence-corrected chi connectivity index (χ3v) is 4.27. The molecule has 134 valence electrons. The highest BCUT2D eigenvalue weighted by molar-refractivity contribution is 5.93. The number of nitrogens with zero attached hydrogens (tertiary/aromatic N) is 2. The molecule has 0 spiro atoms. The normalized spacial score (nSPS) is 16.1. The van der Waals surface area contributed by atoms with Crippen LogP contribution in [0.3, 0.4) is 0 Å².